The van der Waals surface area contributed by atoms with Gasteiger partial charge in [0.25, 0.3) is 5.91 Å². The van der Waals surface area contributed by atoms with Gasteiger partial charge in [0, 0.05) is 35.8 Å². The third-order valence-electron chi connectivity index (χ3n) is 5.80. The van der Waals surface area contributed by atoms with Crippen LogP contribution in [-0.4, -0.2) is 42.1 Å². The van der Waals surface area contributed by atoms with Gasteiger partial charge in [0.1, 0.15) is 0 Å². The topological polar surface area (TPSA) is 54.6 Å². The van der Waals surface area contributed by atoms with Crippen LogP contribution in [0.15, 0.2) is 48.7 Å². The normalized spacial score (nSPS) is 14.8. The standard InChI is InChI=1S/C25H30N2O3/c1-3-15-30-23-10-9-19(16-24(23)29-4-2)25(28)27-13-11-18(12-14-27)21-17-26-22-8-6-5-7-20(21)22/h5-10,16-18,26H,3-4,11-15H2,1-2H3. The average Bonchev–Trinajstić information content (AvgIpc) is 3.22. The fourth-order valence-electron chi connectivity index (χ4n) is 4.25. The van der Waals surface area contributed by atoms with Gasteiger partial charge in [0.2, 0.25) is 0 Å². The number of aromatic amines is 1. The van der Waals surface area contributed by atoms with E-state index in [0.717, 1.165) is 32.4 Å². The molecule has 3 aromatic rings. The van der Waals surface area contributed by atoms with E-state index in [9.17, 15) is 4.79 Å². The molecule has 0 atom stereocenters. The van der Waals surface area contributed by atoms with Crippen LogP contribution in [0.1, 0.15) is 54.9 Å². The number of nitrogens with zero attached hydrogens (tertiary/aromatic N) is 1. The van der Waals surface area contributed by atoms with Crippen molar-refractivity contribution < 1.29 is 14.3 Å². The number of carbonyl (C=O) groups is 1. The molecule has 5 nitrogen and oxygen atoms in total. The van der Waals surface area contributed by atoms with Gasteiger partial charge in [0.15, 0.2) is 11.5 Å². The van der Waals surface area contributed by atoms with Crippen molar-refractivity contribution in [3.05, 3.63) is 59.8 Å². The minimum Gasteiger partial charge on any atom is -0.490 e. The quantitative estimate of drug-likeness (QED) is 0.573. The first kappa shape index (κ1) is 20.3. The molecular weight excluding hydrogens is 376 g/mol. The Kier molecular flexibility index (Phi) is 6.26. The maximum absolute atomic E-state index is 13.1. The lowest BCUT2D eigenvalue weighted by Gasteiger charge is -2.32. The summed E-state index contributed by atoms with van der Waals surface area (Å²) in [6.07, 6.45) is 5.01. The smallest absolute Gasteiger partial charge is 0.253 e. The number of benzene rings is 2. The molecule has 0 radical (unpaired) electrons. The summed E-state index contributed by atoms with van der Waals surface area (Å²) in [5.41, 5.74) is 3.21. The molecule has 1 amide bonds. The van der Waals surface area contributed by atoms with Crippen LogP contribution in [0.3, 0.4) is 0 Å². The summed E-state index contributed by atoms with van der Waals surface area (Å²) in [6.45, 7) is 6.71. The first-order valence-electron chi connectivity index (χ1n) is 11.0. The zero-order valence-electron chi connectivity index (χ0n) is 17.8. The van der Waals surface area contributed by atoms with Gasteiger partial charge in [-0.3, -0.25) is 4.79 Å². The van der Waals surface area contributed by atoms with E-state index in [1.807, 2.05) is 30.0 Å². The Morgan fingerprint density at radius 3 is 2.63 bits per heavy atom. The third-order valence-corrected chi connectivity index (χ3v) is 5.80. The number of rotatable bonds is 7. The highest BCUT2D eigenvalue weighted by atomic mass is 16.5. The highest BCUT2D eigenvalue weighted by Crippen LogP contribution is 2.34. The highest BCUT2D eigenvalue weighted by Gasteiger charge is 2.26. The summed E-state index contributed by atoms with van der Waals surface area (Å²) in [4.78, 5) is 18.4. The molecule has 1 N–H and O–H groups in total. The molecule has 1 aromatic heterocycles. The molecule has 5 heteroatoms. The molecule has 1 aliphatic rings. The van der Waals surface area contributed by atoms with E-state index in [0.29, 0.717) is 36.2 Å². The number of hydrogen-bond acceptors (Lipinski definition) is 3. The molecule has 158 valence electrons. The van der Waals surface area contributed by atoms with Crippen LogP contribution in [0.5, 0.6) is 11.5 Å². The number of aromatic nitrogens is 1. The molecule has 1 aliphatic heterocycles. The van der Waals surface area contributed by atoms with Crippen LogP contribution >= 0.6 is 0 Å². The highest BCUT2D eigenvalue weighted by molar-refractivity contribution is 5.95. The first-order valence-corrected chi connectivity index (χ1v) is 11.0. The van der Waals surface area contributed by atoms with E-state index in [-0.39, 0.29) is 5.91 Å². The molecule has 2 heterocycles. The molecule has 0 bridgehead atoms. The molecule has 1 fully saturated rings. The van der Waals surface area contributed by atoms with Crippen LogP contribution in [0.2, 0.25) is 0 Å². The lowest BCUT2D eigenvalue weighted by Crippen LogP contribution is -2.37. The van der Waals surface area contributed by atoms with E-state index in [2.05, 4.69) is 42.4 Å². The molecule has 30 heavy (non-hydrogen) atoms. The number of fused-ring (bicyclic) bond motifs is 1. The van der Waals surface area contributed by atoms with Gasteiger partial charge < -0.3 is 19.4 Å². The van der Waals surface area contributed by atoms with Crippen molar-refractivity contribution in [3.63, 3.8) is 0 Å². The predicted molar refractivity (Wildman–Crippen MR) is 120 cm³/mol. The molecule has 0 saturated carbocycles. The molecule has 0 spiro atoms. The van der Waals surface area contributed by atoms with Crippen LogP contribution in [-0.2, 0) is 0 Å². The number of nitrogens with one attached hydrogen (secondary N) is 1. The fourth-order valence-corrected chi connectivity index (χ4v) is 4.25. The van der Waals surface area contributed by atoms with Gasteiger partial charge >= 0.3 is 0 Å². The van der Waals surface area contributed by atoms with Crippen LogP contribution in [0.4, 0.5) is 0 Å². The fraction of sp³-hybridized carbons (Fsp3) is 0.400. The van der Waals surface area contributed by atoms with E-state index in [1.165, 1.54) is 16.5 Å². The van der Waals surface area contributed by atoms with Crippen molar-refractivity contribution in [2.24, 2.45) is 0 Å². The van der Waals surface area contributed by atoms with Crippen molar-refractivity contribution in [1.82, 2.24) is 9.88 Å². The summed E-state index contributed by atoms with van der Waals surface area (Å²) in [5.74, 6) is 1.89. The minimum atomic E-state index is 0.0652. The van der Waals surface area contributed by atoms with Crippen molar-refractivity contribution in [2.45, 2.75) is 39.0 Å². The second kappa shape index (κ2) is 9.24. The summed E-state index contributed by atoms with van der Waals surface area (Å²) in [7, 11) is 0. The number of amides is 1. The second-order valence-electron chi connectivity index (χ2n) is 7.80. The van der Waals surface area contributed by atoms with Gasteiger partial charge in [0.05, 0.1) is 13.2 Å². The molecule has 0 unspecified atom stereocenters. The number of ether oxygens (including phenoxy) is 2. The monoisotopic (exact) mass is 406 g/mol. The lowest BCUT2D eigenvalue weighted by molar-refractivity contribution is 0.0712. The van der Waals surface area contributed by atoms with E-state index >= 15 is 0 Å². The number of piperidine rings is 1. The Morgan fingerprint density at radius 1 is 1.07 bits per heavy atom. The average molecular weight is 407 g/mol. The Balaban J connectivity index is 1.44. The molecular formula is C25H30N2O3. The molecule has 4 rings (SSSR count). The summed E-state index contributed by atoms with van der Waals surface area (Å²) in [6, 6.07) is 14.0. The van der Waals surface area contributed by atoms with Crippen molar-refractivity contribution in [2.75, 3.05) is 26.3 Å². The minimum absolute atomic E-state index is 0.0652. The van der Waals surface area contributed by atoms with Crippen molar-refractivity contribution >= 4 is 16.8 Å². The molecule has 0 aliphatic carbocycles. The van der Waals surface area contributed by atoms with Gasteiger partial charge in [-0.1, -0.05) is 25.1 Å². The Labute approximate surface area is 178 Å². The lowest BCUT2D eigenvalue weighted by atomic mass is 9.89. The van der Waals surface area contributed by atoms with Crippen LogP contribution < -0.4 is 9.47 Å². The van der Waals surface area contributed by atoms with Gasteiger partial charge in [-0.15, -0.1) is 0 Å². The number of likely N-dealkylation sites (tertiary alicyclic amines) is 1. The number of H-pyrrole nitrogens is 1. The Bertz CT molecular complexity index is 1000. The van der Waals surface area contributed by atoms with Crippen LogP contribution in [0, 0.1) is 0 Å². The zero-order valence-corrected chi connectivity index (χ0v) is 17.8. The van der Waals surface area contributed by atoms with E-state index < -0.39 is 0 Å². The third kappa shape index (κ3) is 4.16. The summed E-state index contributed by atoms with van der Waals surface area (Å²) in [5, 5.41) is 1.30. The zero-order chi connectivity index (χ0) is 20.9. The van der Waals surface area contributed by atoms with Crippen molar-refractivity contribution in [3.8, 4) is 11.5 Å². The Morgan fingerprint density at radius 2 is 1.87 bits per heavy atom. The van der Waals surface area contributed by atoms with Gasteiger partial charge in [-0.25, -0.2) is 0 Å². The number of carbonyl (C=O) groups excluding carboxylic acids is 1. The maximum Gasteiger partial charge on any atom is 0.253 e. The van der Waals surface area contributed by atoms with Gasteiger partial charge in [-0.2, -0.15) is 0 Å². The van der Waals surface area contributed by atoms with E-state index in [1.54, 1.807) is 0 Å². The summed E-state index contributed by atoms with van der Waals surface area (Å²) >= 11 is 0. The number of hydrogen-bond donors (Lipinski definition) is 1. The second-order valence-corrected chi connectivity index (χ2v) is 7.80. The SMILES string of the molecule is CCCOc1ccc(C(=O)N2CCC(c3c[nH]c4ccccc34)CC2)cc1OCC. The van der Waals surface area contributed by atoms with Crippen LogP contribution in [0.25, 0.3) is 10.9 Å². The van der Waals surface area contributed by atoms with E-state index in [4.69, 9.17) is 9.47 Å². The molecule has 2 aromatic carbocycles. The maximum atomic E-state index is 13.1. The predicted octanol–water partition coefficient (Wildman–Crippen LogP) is 5.38. The summed E-state index contributed by atoms with van der Waals surface area (Å²) < 4.78 is 11.5. The first-order chi connectivity index (χ1) is 14.7. The largest absolute Gasteiger partial charge is 0.490 e. The Hall–Kier alpha value is -2.95. The number of para-hydroxylation sites is 1. The molecule has 1 saturated heterocycles. The van der Waals surface area contributed by atoms with Crippen molar-refractivity contribution in [1.29, 1.82) is 0 Å². The van der Waals surface area contributed by atoms with Gasteiger partial charge in [-0.05, 0) is 61.9 Å².